The Morgan fingerprint density at radius 1 is 1.44 bits per heavy atom. The molecule has 0 radical (unpaired) electrons. The Bertz CT molecular complexity index is 545. The van der Waals surface area contributed by atoms with E-state index >= 15 is 0 Å². The smallest absolute Gasteiger partial charge is 0.166 e. The zero-order valence-electron chi connectivity index (χ0n) is 8.93. The van der Waals surface area contributed by atoms with E-state index in [0.29, 0.717) is 0 Å². The van der Waals surface area contributed by atoms with E-state index < -0.39 is 0 Å². The van der Waals surface area contributed by atoms with Gasteiger partial charge in [0.05, 0.1) is 0 Å². The molecule has 0 amide bonds. The highest BCUT2D eigenvalue weighted by atomic mass is 32.1. The van der Waals surface area contributed by atoms with Gasteiger partial charge in [-0.3, -0.25) is 4.79 Å². The van der Waals surface area contributed by atoms with Gasteiger partial charge in [0.15, 0.2) is 5.78 Å². The fraction of sp³-hybridized carbons (Fsp3) is 0.231. The summed E-state index contributed by atoms with van der Waals surface area (Å²) in [5, 5.41) is 2.89. The van der Waals surface area contributed by atoms with E-state index in [1.165, 1.54) is 5.56 Å². The van der Waals surface area contributed by atoms with Crippen molar-refractivity contribution in [2.45, 2.75) is 13.3 Å². The van der Waals surface area contributed by atoms with Crippen molar-refractivity contribution in [1.82, 2.24) is 4.98 Å². The number of aromatic nitrogens is 1. The normalized spacial score (nSPS) is 18.8. The Balaban J connectivity index is 2.23. The van der Waals surface area contributed by atoms with E-state index in [0.717, 1.165) is 22.6 Å². The van der Waals surface area contributed by atoms with Crippen LogP contribution >= 0.6 is 11.3 Å². The molecule has 80 valence electrons. The lowest BCUT2D eigenvalue weighted by atomic mass is 10.0. The lowest BCUT2D eigenvalue weighted by molar-refractivity contribution is 0.0947. The third kappa shape index (κ3) is 1.32. The van der Waals surface area contributed by atoms with Crippen LogP contribution in [-0.2, 0) is 6.42 Å². The highest BCUT2D eigenvalue weighted by molar-refractivity contribution is 7.13. The number of ketones is 1. The maximum absolute atomic E-state index is 12.1. The monoisotopic (exact) mass is 229 g/mol. The van der Waals surface area contributed by atoms with Crippen LogP contribution in [0.4, 0.5) is 0 Å². The van der Waals surface area contributed by atoms with Gasteiger partial charge in [-0.1, -0.05) is 25.1 Å². The number of rotatable bonds is 1. The van der Waals surface area contributed by atoms with Crippen molar-refractivity contribution >= 4 is 17.1 Å². The van der Waals surface area contributed by atoms with Gasteiger partial charge in [-0.15, -0.1) is 11.3 Å². The molecular weight excluding hydrogens is 218 g/mol. The van der Waals surface area contributed by atoms with Gasteiger partial charge in [-0.25, -0.2) is 4.98 Å². The third-order valence-electron chi connectivity index (χ3n) is 3.03. The molecule has 1 heterocycles. The SMILES string of the molecule is CC1Cc2cccc(-c3nccs3)c2C1=O. The van der Waals surface area contributed by atoms with Crippen LogP contribution in [0.1, 0.15) is 22.8 Å². The van der Waals surface area contributed by atoms with Gasteiger partial charge in [0, 0.05) is 28.6 Å². The summed E-state index contributed by atoms with van der Waals surface area (Å²) in [6.45, 7) is 1.99. The molecule has 0 N–H and O–H groups in total. The van der Waals surface area contributed by atoms with E-state index in [2.05, 4.69) is 4.98 Å². The van der Waals surface area contributed by atoms with Gasteiger partial charge in [0.2, 0.25) is 0 Å². The van der Waals surface area contributed by atoms with Crippen molar-refractivity contribution in [3.63, 3.8) is 0 Å². The highest BCUT2D eigenvalue weighted by Crippen LogP contribution is 2.35. The minimum atomic E-state index is 0.121. The van der Waals surface area contributed by atoms with Gasteiger partial charge in [-0.2, -0.15) is 0 Å². The molecule has 0 aliphatic heterocycles. The Morgan fingerprint density at radius 2 is 2.31 bits per heavy atom. The Kier molecular flexibility index (Phi) is 2.14. The Morgan fingerprint density at radius 3 is 3.06 bits per heavy atom. The number of Topliss-reactive ketones (excluding diaryl/α,β-unsaturated/α-hetero) is 1. The predicted octanol–water partition coefficient (Wildman–Crippen LogP) is 3.19. The van der Waals surface area contributed by atoms with Crippen LogP contribution in [0.3, 0.4) is 0 Å². The molecule has 1 aliphatic carbocycles. The lowest BCUT2D eigenvalue weighted by Crippen LogP contribution is -2.04. The lowest BCUT2D eigenvalue weighted by Gasteiger charge is -2.03. The fourth-order valence-corrected chi connectivity index (χ4v) is 2.93. The first-order valence-electron chi connectivity index (χ1n) is 5.33. The second kappa shape index (κ2) is 3.52. The maximum Gasteiger partial charge on any atom is 0.166 e. The summed E-state index contributed by atoms with van der Waals surface area (Å²) in [5.41, 5.74) is 3.07. The van der Waals surface area contributed by atoms with Crippen LogP contribution in [0.5, 0.6) is 0 Å². The first-order chi connectivity index (χ1) is 7.77. The molecule has 16 heavy (non-hydrogen) atoms. The standard InChI is InChI=1S/C13H11NOS/c1-8-7-9-3-2-4-10(11(9)12(8)15)13-14-5-6-16-13/h2-6,8H,7H2,1H3. The molecule has 0 spiro atoms. The van der Waals surface area contributed by atoms with Crippen molar-refractivity contribution < 1.29 is 4.79 Å². The fourth-order valence-electron chi connectivity index (χ4n) is 2.26. The summed E-state index contributed by atoms with van der Waals surface area (Å²) in [6, 6.07) is 6.06. The van der Waals surface area contributed by atoms with Crippen molar-refractivity contribution in [3.05, 3.63) is 40.9 Å². The van der Waals surface area contributed by atoms with Crippen molar-refractivity contribution in [3.8, 4) is 10.6 Å². The van der Waals surface area contributed by atoms with Gasteiger partial charge >= 0.3 is 0 Å². The minimum Gasteiger partial charge on any atom is -0.294 e. The van der Waals surface area contributed by atoms with Crippen molar-refractivity contribution in [2.24, 2.45) is 5.92 Å². The number of thiazole rings is 1. The minimum absolute atomic E-state index is 0.121. The topological polar surface area (TPSA) is 30.0 Å². The molecule has 1 unspecified atom stereocenters. The number of carbonyl (C=O) groups is 1. The predicted molar refractivity (Wildman–Crippen MR) is 64.7 cm³/mol. The average Bonchev–Trinajstić information content (AvgIpc) is 2.88. The maximum atomic E-state index is 12.1. The van der Waals surface area contributed by atoms with Crippen LogP contribution in [-0.4, -0.2) is 10.8 Å². The summed E-state index contributed by atoms with van der Waals surface area (Å²) in [4.78, 5) is 16.4. The zero-order valence-corrected chi connectivity index (χ0v) is 9.75. The highest BCUT2D eigenvalue weighted by Gasteiger charge is 2.29. The number of nitrogens with zero attached hydrogens (tertiary/aromatic N) is 1. The van der Waals surface area contributed by atoms with Crippen LogP contribution in [0.25, 0.3) is 10.6 Å². The van der Waals surface area contributed by atoms with E-state index in [9.17, 15) is 4.79 Å². The summed E-state index contributed by atoms with van der Waals surface area (Å²) in [6.07, 6.45) is 2.65. The molecule has 1 aromatic heterocycles. The molecular formula is C13H11NOS. The van der Waals surface area contributed by atoms with Crippen LogP contribution < -0.4 is 0 Å². The molecule has 2 aromatic rings. The first kappa shape index (κ1) is 9.73. The first-order valence-corrected chi connectivity index (χ1v) is 6.21. The molecule has 1 aromatic carbocycles. The molecule has 0 saturated heterocycles. The molecule has 0 fully saturated rings. The zero-order chi connectivity index (χ0) is 11.1. The molecule has 3 rings (SSSR count). The van der Waals surface area contributed by atoms with Gasteiger partial charge in [0.1, 0.15) is 5.01 Å². The second-order valence-electron chi connectivity index (χ2n) is 4.15. The quantitative estimate of drug-likeness (QED) is 0.751. The third-order valence-corrected chi connectivity index (χ3v) is 3.84. The average molecular weight is 229 g/mol. The van der Waals surface area contributed by atoms with Crippen molar-refractivity contribution in [2.75, 3.05) is 0 Å². The van der Waals surface area contributed by atoms with Gasteiger partial charge < -0.3 is 0 Å². The second-order valence-corrected chi connectivity index (χ2v) is 5.04. The van der Waals surface area contributed by atoms with Gasteiger partial charge in [-0.05, 0) is 12.0 Å². The van der Waals surface area contributed by atoms with Crippen molar-refractivity contribution in [1.29, 1.82) is 0 Å². The number of benzene rings is 1. The van der Waals surface area contributed by atoms with Crippen LogP contribution in [0.15, 0.2) is 29.8 Å². The Hall–Kier alpha value is -1.48. The molecule has 2 nitrogen and oxygen atoms in total. The largest absolute Gasteiger partial charge is 0.294 e. The summed E-state index contributed by atoms with van der Waals surface area (Å²) >= 11 is 1.58. The molecule has 0 saturated carbocycles. The van der Waals surface area contributed by atoms with E-state index in [1.54, 1.807) is 17.5 Å². The Labute approximate surface area is 98.0 Å². The van der Waals surface area contributed by atoms with E-state index in [-0.39, 0.29) is 11.7 Å². The summed E-state index contributed by atoms with van der Waals surface area (Å²) in [7, 11) is 0. The molecule has 0 bridgehead atoms. The number of hydrogen-bond donors (Lipinski definition) is 0. The number of carbonyl (C=O) groups excluding carboxylic acids is 1. The van der Waals surface area contributed by atoms with Crippen LogP contribution in [0.2, 0.25) is 0 Å². The molecule has 3 heteroatoms. The molecule has 1 aliphatic rings. The summed E-state index contributed by atoms with van der Waals surface area (Å²) in [5.74, 6) is 0.386. The number of hydrogen-bond acceptors (Lipinski definition) is 3. The van der Waals surface area contributed by atoms with E-state index in [1.807, 2.05) is 30.5 Å². The van der Waals surface area contributed by atoms with Gasteiger partial charge in [0.25, 0.3) is 0 Å². The van der Waals surface area contributed by atoms with Crippen LogP contribution in [0, 0.1) is 5.92 Å². The number of fused-ring (bicyclic) bond motifs is 1. The summed E-state index contributed by atoms with van der Waals surface area (Å²) < 4.78 is 0. The molecule has 1 atom stereocenters. The van der Waals surface area contributed by atoms with E-state index in [4.69, 9.17) is 0 Å².